The van der Waals surface area contributed by atoms with Crippen LogP contribution in [0, 0.1) is 11.3 Å². The van der Waals surface area contributed by atoms with Crippen LogP contribution in [0.4, 0.5) is 5.69 Å². The summed E-state index contributed by atoms with van der Waals surface area (Å²) in [5.41, 5.74) is 9.29. The molecule has 1 amide bonds. The van der Waals surface area contributed by atoms with Crippen molar-refractivity contribution in [1.82, 2.24) is 5.32 Å². The van der Waals surface area contributed by atoms with Gasteiger partial charge in [0.05, 0.1) is 24.2 Å². The fourth-order valence-corrected chi connectivity index (χ4v) is 7.04. The second-order valence-corrected chi connectivity index (χ2v) is 10.8. The topological polar surface area (TPSA) is 67.6 Å². The van der Waals surface area contributed by atoms with Crippen molar-refractivity contribution in [2.75, 3.05) is 31.2 Å². The highest BCUT2D eigenvalue weighted by Gasteiger charge is 2.63. The molecule has 176 valence electrons. The fraction of sp³-hybridized carbons (Fsp3) is 0.500. The molecule has 0 radical (unpaired) electrons. The Kier molecular flexibility index (Phi) is 5.89. The van der Waals surface area contributed by atoms with Crippen molar-refractivity contribution in [3.8, 4) is 0 Å². The van der Waals surface area contributed by atoms with Crippen LogP contribution in [-0.4, -0.2) is 38.3 Å². The number of rotatable bonds is 3. The van der Waals surface area contributed by atoms with E-state index in [0.717, 1.165) is 61.0 Å². The van der Waals surface area contributed by atoms with Crippen molar-refractivity contribution in [1.29, 1.82) is 0 Å². The summed E-state index contributed by atoms with van der Waals surface area (Å²) in [6, 6.07) is 14.1. The van der Waals surface area contributed by atoms with Crippen molar-refractivity contribution in [2.24, 2.45) is 17.1 Å². The lowest BCUT2D eigenvalue weighted by Gasteiger charge is -2.53. The Morgan fingerprint density at radius 2 is 1.82 bits per heavy atom. The summed E-state index contributed by atoms with van der Waals surface area (Å²) in [6.07, 6.45) is 1.55. The van der Waals surface area contributed by atoms with Crippen molar-refractivity contribution in [3.05, 3.63) is 63.6 Å². The van der Waals surface area contributed by atoms with Gasteiger partial charge in [0.1, 0.15) is 0 Å². The van der Waals surface area contributed by atoms with E-state index in [9.17, 15) is 4.79 Å². The van der Waals surface area contributed by atoms with Crippen LogP contribution in [-0.2, 0) is 15.1 Å². The van der Waals surface area contributed by atoms with Gasteiger partial charge in [-0.2, -0.15) is 0 Å². The molecule has 5 rings (SSSR count). The van der Waals surface area contributed by atoms with Crippen molar-refractivity contribution >= 4 is 34.8 Å². The maximum absolute atomic E-state index is 13.0. The van der Waals surface area contributed by atoms with E-state index in [-0.39, 0.29) is 23.8 Å². The Labute approximate surface area is 205 Å². The third kappa shape index (κ3) is 3.65. The maximum Gasteiger partial charge on any atom is 0.226 e. The number of morpholine rings is 1. The van der Waals surface area contributed by atoms with E-state index in [1.807, 2.05) is 24.3 Å². The molecule has 1 saturated carbocycles. The first-order valence-corrected chi connectivity index (χ1v) is 12.5. The van der Waals surface area contributed by atoms with Gasteiger partial charge in [0.25, 0.3) is 0 Å². The van der Waals surface area contributed by atoms with Crippen molar-refractivity contribution in [3.63, 3.8) is 0 Å². The standard InChI is InChI=1S/C26H31Cl2N3O2/c1-16-23-25(2,24(32)30-16)10-9-21(26(23,29)17-3-5-18(27)6-4-17)20-8-7-19(15-22(20)28)31-11-13-33-14-12-31/h3-8,15-16,21,23H,9-14,29H2,1-2H3,(H,30,32). The third-order valence-corrected chi connectivity index (χ3v) is 8.77. The number of ether oxygens (including phenoxy) is 1. The lowest BCUT2D eigenvalue weighted by molar-refractivity contribution is -0.131. The normalized spacial score (nSPS) is 34.2. The van der Waals surface area contributed by atoms with Gasteiger partial charge in [-0.25, -0.2) is 0 Å². The predicted molar refractivity (Wildman–Crippen MR) is 133 cm³/mol. The molecule has 5 atom stereocenters. The van der Waals surface area contributed by atoms with Gasteiger partial charge in [0.2, 0.25) is 5.91 Å². The Bertz CT molecular complexity index is 1060. The average Bonchev–Trinajstić information content (AvgIpc) is 3.04. The minimum Gasteiger partial charge on any atom is -0.378 e. The van der Waals surface area contributed by atoms with E-state index >= 15 is 0 Å². The quantitative estimate of drug-likeness (QED) is 0.657. The lowest BCUT2D eigenvalue weighted by atomic mass is 9.52. The number of amides is 1. The summed E-state index contributed by atoms with van der Waals surface area (Å²) < 4.78 is 5.49. The molecule has 2 saturated heterocycles. The van der Waals surface area contributed by atoms with Gasteiger partial charge in [-0.05, 0) is 55.2 Å². The van der Waals surface area contributed by atoms with Crippen LogP contribution in [0.15, 0.2) is 42.5 Å². The number of halogens is 2. The molecular formula is C26H31Cl2N3O2. The molecule has 2 heterocycles. The summed E-state index contributed by atoms with van der Waals surface area (Å²) in [5, 5.41) is 4.57. The Hall–Kier alpha value is -1.79. The molecule has 5 nitrogen and oxygen atoms in total. The third-order valence-electron chi connectivity index (χ3n) is 8.19. The van der Waals surface area contributed by atoms with E-state index in [0.29, 0.717) is 5.02 Å². The number of anilines is 1. The molecule has 3 fully saturated rings. The lowest BCUT2D eigenvalue weighted by Crippen LogP contribution is -2.59. The molecule has 3 N–H and O–H groups in total. The number of hydrogen-bond acceptors (Lipinski definition) is 4. The molecule has 0 spiro atoms. The first kappa shape index (κ1) is 23.0. The van der Waals surface area contributed by atoms with Gasteiger partial charge in [-0.3, -0.25) is 4.79 Å². The molecule has 1 aliphatic carbocycles. The van der Waals surface area contributed by atoms with Gasteiger partial charge in [0, 0.05) is 46.7 Å². The number of carbonyl (C=O) groups is 1. The van der Waals surface area contributed by atoms with Crippen molar-refractivity contribution in [2.45, 2.75) is 44.2 Å². The van der Waals surface area contributed by atoms with Crippen LogP contribution in [0.3, 0.4) is 0 Å². The molecular weight excluding hydrogens is 457 g/mol. The van der Waals surface area contributed by atoms with Crippen LogP contribution in [0.2, 0.25) is 10.0 Å². The second-order valence-electron chi connectivity index (χ2n) is 9.99. The first-order valence-electron chi connectivity index (χ1n) is 11.7. The van der Waals surface area contributed by atoms with Gasteiger partial charge in [0.15, 0.2) is 0 Å². The molecule has 2 aromatic rings. The molecule has 7 heteroatoms. The number of nitrogens with zero attached hydrogens (tertiary/aromatic N) is 1. The highest BCUT2D eigenvalue weighted by Crippen LogP contribution is 2.60. The van der Waals surface area contributed by atoms with E-state index in [2.05, 4.69) is 42.3 Å². The average molecular weight is 488 g/mol. The Morgan fingerprint density at radius 3 is 2.48 bits per heavy atom. The van der Waals surface area contributed by atoms with Crippen LogP contribution in [0.5, 0.6) is 0 Å². The smallest absolute Gasteiger partial charge is 0.226 e. The molecule has 2 aromatic carbocycles. The number of nitrogens with one attached hydrogen (secondary N) is 1. The second kappa shape index (κ2) is 8.46. The number of nitrogens with two attached hydrogens (primary N) is 1. The zero-order valence-electron chi connectivity index (χ0n) is 19.1. The maximum atomic E-state index is 13.0. The summed E-state index contributed by atoms with van der Waals surface area (Å²) in [6.45, 7) is 7.30. The van der Waals surface area contributed by atoms with E-state index in [1.165, 1.54) is 0 Å². The summed E-state index contributed by atoms with van der Waals surface area (Å²) >= 11 is 13.2. The largest absolute Gasteiger partial charge is 0.378 e. The number of carbonyl (C=O) groups excluding carboxylic acids is 1. The molecule has 3 aliphatic rings. The van der Waals surface area contributed by atoms with Gasteiger partial charge in [-0.15, -0.1) is 0 Å². The zero-order valence-corrected chi connectivity index (χ0v) is 20.6. The van der Waals surface area contributed by atoms with Crippen LogP contribution in [0.25, 0.3) is 0 Å². The molecule has 0 bridgehead atoms. The highest BCUT2D eigenvalue weighted by molar-refractivity contribution is 6.31. The van der Waals surface area contributed by atoms with E-state index in [1.54, 1.807) is 0 Å². The van der Waals surface area contributed by atoms with Gasteiger partial charge >= 0.3 is 0 Å². The number of benzene rings is 2. The Morgan fingerprint density at radius 1 is 1.12 bits per heavy atom. The van der Waals surface area contributed by atoms with E-state index in [4.69, 9.17) is 33.7 Å². The Balaban J connectivity index is 1.60. The summed E-state index contributed by atoms with van der Waals surface area (Å²) in [5.74, 6) is -0.0125. The number of hydrogen-bond donors (Lipinski definition) is 2. The molecule has 33 heavy (non-hydrogen) atoms. The number of fused-ring (bicyclic) bond motifs is 1. The van der Waals surface area contributed by atoms with Crippen LogP contribution in [0.1, 0.15) is 43.7 Å². The SMILES string of the molecule is CC1NC(=O)C2(C)CCC(c3ccc(N4CCOCC4)cc3Cl)C(N)(c3ccc(Cl)cc3)C12. The summed E-state index contributed by atoms with van der Waals surface area (Å²) in [4.78, 5) is 15.3. The molecule has 0 aromatic heterocycles. The fourth-order valence-electron chi connectivity index (χ4n) is 6.61. The van der Waals surface area contributed by atoms with Crippen molar-refractivity contribution < 1.29 is 9.53 Å². The molecule has 2 aliphatic heterocycles. The minimum atomic E-state index is -0.777. The minimum absolute atomic E-state index is 0.0295. The van der Waals surface area contributed by atoms with Crippen LogP contribution >= 0.6 is 23.2 Å². The first-order chi connectivity index (χ1) is 15.7. The summed E-state index contributed by atoms with van der Waals surface area (Å²) in [7, 11) is 0. The highest BCUT2D eigenvalue weighted by atomic mass is 35.5. The monoisotopic (exact) mass is 487 g/mol. The molecule has 5 unspecified atom stereocenters. The zero-order chi connectivity index (χ0) is 23.4. The predicted octanol–water partition coefficient (Wildman–Crippen LogP) is 4.70. The van der Waals surface area contributed by atoms with Crippen LogP contribution < -0.4 is 16.0 Å². The van der Waals surface area contributed by atoms with E-state index < -0.39 is 11.0 Å². The van der Waals surface area contributed by atoms with Gasteiger partial charge < -0.3 is 20.7 Å². The van der Waals surface area contributed by atoms with Gasteiger partial charge in [-0.1, -0.05) is 48.3 Å².